The first-order valence-corrected chi connectivity index (χ1v) is 4.70. The summed E-state index contributed by atoms with van der Waals surface area (Å²) in [5.74, 6) is 0. The number of alkyl halides is 1. The van der Waals surface area contributed by atoms with Crippen molar-refractivity contribution in [2.45, 2.75) is 13.1 Å². The summed E-state index contributed by atoms with van der Waals surface area (Å²) in [5, 5.41) is 8.74. The fourth-order valence-electron chi connectivity index (χ4n) is 1.49. The molecule has 1 aromatic heterocycles. The summed E-state index contributed by atoms with van der Waals surface area (Å²) >= 11 is 0. The van der Waals surface area contributed by atoms with Crippen LogP contribution in [0.2, 0.25) is 0 Å². The number of hydrogen-bond donors (Lipinski definition) is 1. The van der Waals surface area contributed by atoms with Crippen molar-refractivity contribution in [1.29, 1.82) is 0 Å². The van der Waals surface area contributed by atoms with Gasteiger partial charge >= 0.3 is 0 Å². The van der Waals surface area contributed by atoms with E-state index in [2.05, 4.69) is 9.97 Å². The van der Waals surface area contributed by atoms with Crippen LogP contribution in [0.25, 0.3) is 11.0 Å². The second kappa shape index (κ2) is 3.90. The van der Waals surface area contributed by atoms with Crippen LogP contribution in [-0.2, 0) is 0 Å². The Morgan fingerprint density at radius 3 is 2.47 bits per heavy atom. The zero-order valence-corrected chi connectivity index (χ0v) is 8.31. The van der Waals surface area contributed by atoms with Gasteiger partial charge in [-0.25, -0.2) is 14.4 Å². The Labute approximate surface area is 86.6 Å². The second-order valence-electron chi connectivity index (χ2n) is 3.33. The third-order valence-electron chi connectivity index (χ3n) is 2.24. The van der Waals surface area contributed by atoms with E-state index in [0.29, 0.717) is 11.2 Å². The van der Waals surface area contributed by atoms with E-state index in [4.69, 9.17) is 5.11 Å². The molecule has 0 amide bonds. The highest BCUT2D eigenvalue weighted by Gasteiger charge is 2.14. The van der Waals surface area contributed by atoms with Crippen LogP contribution in [-0.4, -0.2) is 21.7 Å². The van der Waals surface area contributed by atoms with Crippen molar-refractivity contribution in [3.8, 4) is 0 Å². The number of hydrogen-bond acceptors (Lipinski definition) is 3. The Morgan fingerprint density at radius 2 is 1.87 bits per heavy atom. The molecule has 4 heteroatoms. The summed E-state index contributed by atoms with van der Waals surface area (Å²) < 4.78 is 13.3. The Bertz CT molecular complexity index is 487. The first-order valence-electron chi connectivity index (χ1n) is 4.70. The van der Waals surface area contributed by atoms with Crippen molar-refractivity contribution < 1.29 is 9.50 Å². The van der Waals surface area contributed by atoms with Gasteiger partial charge in [-0.3, -0.25) is 0 Å². The lowest BCUT2D eigenvalue weighted by atomic mass is 10.2. The molecule has 0 saturated heterocycles. The number of rotatable bonds is 2. The van der Waals surface area contributed by atoms with Crippen LogP contribution in [0.5, 0.6) is 0 Å². The molecule has 0 unspecified atom stereocenters. The third kappa shape index (κ3) is 1.80. The van der Waals surface area contributed by atoms with E-state index in [-0.39, 0.29) is 5.69 Å². The Morgan fingerprint density at radius 1 is 1.27 bits per heavy atom. The minimum Gasteiger partial charge on any atom is -0.393 e. The van der Waals surface area contributed by atoms with E-state index in [1.807, 2.05) is 18.2 Å². The van der Waals surface area contributed by atoms with Crippen LogP contribution in [0, 0.1) is 6.92 Å². The standard InChI is InChI=1S/C11H11FN2O/c1-7-11(8(12)6-15)14-10-5-3-2-4-9(10)13-7/h2-5,8,15H,6H2,1H3/t8-/m1/s1. The van der Waals surface area contributed by atoms with Crippen LogP contribution < -0.4 is 0 Å². The van der Waals surface area contributed by atoms with E-state index in [1.54, 1.807) is 13.0 Å². The number of halogens is 1. The van der Waals surface area contributed by atoms with Crippen LogP contribution in [0.3, 0.4) is 0 Å². The molecule has 2 rings (SSSR count). The molecule has 1 atom stereocenters. The van der Waals surface area contributed by atoms with Gasteiger partial charge in [0.25, 0.3) is 0 Å². The Balaban J connectivity index is 2.61. The maximum atomic E-state index is 13.3. The number of benzene rings is 1. The number of aliphatic hydroxyl groups is 1. The van der Waals surface area contributed by atoms with Gasteiger partial charge in [-0.05, 0) is 19.1 Å². The Hall–Kier alpha value is -1.55. The molecule has 1 heterocycles. The molecule has 0 aliphatic heterocycles. The van der Waals surface area contributed by atoms with Crippen molar-refractivity contribution in [2.24, 2.45) is 0 Å². The van der Waals surface area contributed by atoms with E-state index in [1.165, 1.54) is 0 Å². The lowest BCUT2D eigenvalue weighted by Crippen LogP contribution is -2.05. The number of aliphatic hydroxyl groups excluding tert-OH is 1. The molecule has 3 nitrogen and oxygen atoms in total. The molecule has 0 bridgehead atoms. The predicted octanol–water partition coefficient (Wildman–Crippen LogP) is 1.94. The van der Waals surface area contributed by atoms with Gasteiger partial charge in [-0.15, -0.1) is 0 Å². The molecule has 1 aromatic carbocycles. The lowest BCUT2D eigenvalue weighted by Gasteiger charge is -2.08. The first-order chi connectivity index (χ1) is 7.22. The molecular weight excluding hydrogens is 195 g/mol. The summed E-state index contributed by atoms with van der Waals surface area (Å²) in [5.41, 5.74) is 2.13. The molecule has 2 aromatic rings. The van der Waals surface area contributed by atoms with Gasteiger partial charge in [0.1, 0.15) is 0 Å². The number of para-hydroxylation sites is 2. The highest BCUT2D eigenvalue weighted by atomic mass is 19.1. The van der Waals surface area contributed by atoms with Gasteiger partial charge in [0, 0.05) is 0 Å². The number of aryl methyl sites for hydroxylation is 1. The van der Waals surface area contributed by atoms with Gasteiger partial charge in [0.15, 0.2) is 6.17 Å². The zero-order valence-electron chi connectivity index (χ0n) is 8.31. The monoisotopic (exact) mass is 206 g/mol. The van der Waals surface area contributed by atoms with Crippen molar-refractivity contribution >= 4 is 11.0 Å². The largest absolute Gasteiger partial charge is 0.393 e. The molecule has 0 spiro atoms. The number of aromatic nitrogens is 2. The summed E-state index contributed by atoms with van der Waals surface area (Å²) in [6, 6.07) is 7.28. The SMILES string of the molecule is Cc1nc2ccccc2nc1[C@H](F)CO. The van der Waals surface area contributed by atoms with Gasteiger partial charge in [0.2, 0.25) is 0 Å². The van der Waals surface area contributed by atoms with Gasteiger partial charge in [0.05, 0.1) is 29.0 Å². The molecule has 78 valence electrons. The maximum Gasteiger partial charge on any atom is 0.167 e. The summed E-state index contributed by atoms with van der Waals surface area (Å²) in [4.78, 5) is 8.38. The average Bonchev–Trinajstić information content (AvgIpc) is 2.27. The lowest BCUT2D eigenvalue weighted by molar-refractivity contribution is 0.176. The van der Waals surface area contributed by atoms with Crippen LogP contribution in [0.4, 0.5) is 4.39 Å². The van der Waals surface area contributed by atoms with Gasteiger partial charge in [-0.1, -0.05) is 12.1 Å². The minimum absolute atomic E-state index is 0.219. The van der Waals surface area contributed by atoms with Crippen molar-refractivity contribution in [1.82, 2.24) is 9.97 Å². The van der Waals surface area contributed by atoms with Crippen LogP contribution in [0.15, 0.2) is 24.3 Å². The first kappa shape index (κ1) is 9.98. The minimum atomic E-state index is -1.46. The molecule has 0 radical (unpaired) electrons. The highest BCUT2D eigenvalue weighted by molar-refractivity contribution is 5.74. The predicted molar refractivity (Wildman–Crippen MR) is 55.2 cm³/mol. The fourth-order valence-corrected chi connectivity index (χ4v) is 1.49. The fraction of sp³-hybridized carbons (Fsp3) is 0.273. The molecule has 1 N–H and O–H groups in total. The topological polar surface area (TPSA) is 46.0 Å². The van der Waals surface area contributed by atoms with Gasteiger partial charge < -0.3 is 5.11 Å². The van der Waals surface area contributed by atoms with E-state index >= 15 is 0 Å². The summed E-state index contributed by atoms with van der Waals surface area (Å²) in [6.45, 7) is 1.13. The molecule has 0 saturated carbocycles. The van der Waals surface area contributed by atoms with Crippen molar-refractivity contribution in [2.75, 3.05) is 6.61 Å². The smallest absolute Gasteiger partial charge is 0.167 e. The molecule has 0 fully saturated rings. The molecule has 15 heavy (non-hydrogen) atoms. The maximum absolute atomic E-state index is 13.3. The van der Waals surface area contributed by atoms with Gasteiger partial charge in [-0.2, -0.15) is 0 Å². The normalized spacial score (nSPS) is 13.0. The summed E-state index contributed by atoms with van der Waals surface area (Å²) in [6.07, 6.45) is -1.46. The van der Waals surface area contributed by atoms with Crippen LogP contribution >= 0.6 is 0 Å². The van der Waals surface area contributed by atoms with E-state index in [9.17, 15) is 4.39 Å². The highest BCUT2D eigenvalue weighted by Crippen LogP contribution is 2.20. The van der Waals surface area contributed by atoms with Crippen molar-refractivity contribution in [3.63, 3.8) is 0 Å². The zero-order chi connectivity index (χ0) is 10.8. The average molecular weight is 206 g/mol. The number of fused-ring (bicyclic) bond motifs is 1. The second-order valence-corrected chi connectivity index (χ2v) is 3.33. The van der Waals surface area contributed by atoms with E-state index in [0.717, 1.165) is 5.52 Å². The van der Waals surface area contributed by atoms with E-state index < -0.39 is 12.8 Å². The third-order valence-corrected chi connectivity index (χ3v) is 2.24. The summed E-state index contributed by atoms with van der Waals surface area (Å²) in [7, 11) is 0. The Kier molecular flexibility index (Phi) is 2.60. The van der Waals surface area contributed by atoms with Crippen LogP contribution in [0.1, 0.15) is 17.6 Å². The quantitative estimate of drug-likeness (QED) is 0.816. The molecule has 0 aliphatic rings. The van der Waals surface area contributed by atoms with Crippen molar-refractivity contribution in [3.05, 3.63) is 35.7 Å². The number of nitrogens with zero attached hydrogens (tertiary/aromatic N) is 2. The molecular formula is C11H11FN2O. The molecule has 0 aliphatic carbocycles.